The molecule has 3 aromatic heterocycles. The monoisotopic (exact) mass is 872 g/mol. The van der Waals surface area contributed by atoms with Gasteiger partial charge in [-0.3, -0.25) is 9.44 Å². The van der Waals surface area contributed by atoms with E-state index in [1.165, 1.54) is 35.7 Å². The second kappa shape index (κ2) is 15.6. The second-order valence-corrected chi connectivity index (χ2v) is 17.2. The topological polar surface area (TPSA) is 143 Å². The van der Waals surface area contributed by atoms with Gasteiger partial charge in [0.15, 0.2) is 15.4 Å². The quantitative estimate of drug-likeness (QED) is 0.128. The van der Waals surface area contributed by atoms with Crippen molar-refractivity contribution in [1.82, 2.24) is 15.0 Å². The van der Waals surface area contributed by atoms with Gasteiger partial charge in [-0.1, -0.05) is 88.1 Å². The Morgan fingerprint density at radius 3 is 1.78 bits per heavy atom. The van der Waals surface area contributed by atoms with Crippen molar-refractivity contribution in [3.63, 3.8) is 0 Å². The highest BCUT2D eigenvalue weighted by atomic mass is 79.9. The van der Waals surface area contributed by atoms with Crippen LogP contribution in [0.5, 0.6) is 0 Å². The third-order valence-electron chi connectivity index (χ3n) is 6.93. The van der Waals surface area contributed by atoms with Crippen LogP contribution in [-0.2, 0) is 20.0 Å². The molecule has 0 bridgehead atoms. The van der Waals surface area contributed by atoms with Crippen molar-refractivity contribution in [3.05, 3.63) is 115 Å². The van der Waals surface area contributed by atoms with Crippen molar-refractivity contribution in [2.24, 2.45) is 0 Å². The molecular weight excluding hydrogens is 850 g/mol. The molecule has 0 saturated heterocycles. The van der Waals surface area contributed by atoms with Gasteiger partial charge in [-0.15, -0.1) is 0 Å². The van der Waals surface area contributed by atoms with Gasteiger partial charge < -0.3 is 5.32 Å². The molecule has 0 radical (unpaired) electrons. The number of aromatic nitrogens is 3. The third-order valence-corrected chi connectivity index (χ3v) is 13.0. The van der Waals surface area contributed by atoms with Crippen molar-refractivity contribution in [3.8, 4) is 11.1 Å². The average molecular weight is 876 g/mol. The molecule has 10 nitrogen and oxygen atoms in total. The van der Waals surface area contributed by atoms with Crippen LogP contribution in [-0.4, -0.2) is 38.8 Å². The van der Waals surface area contributed by atoms with E-state index in [0.29, 0.717) is 21.2 Å². The van der Waals surface area contributed by atoms with Gasteiger partial charge in [0.2, 0.25) is 0 Å². The van der Waals surface area contributed by atoms with Crippen LogP contribution in [0.25, 0.3) is 21.3 Å². The number of hydrogen-bond acceptors (Lipinski definition) is 9. The Hall–Kier alpha value is -3.21. The molecule has 50 heavy (non-hydrogen) atoms. The largest absolute Gasteiger partial charge is 0.365 e. The van der Waals surface area contributed by atoms with Crippen LogP contribution in [0.3, 0.4) is 0 Å². The zero-order valence-corrected chi connectivity index (χ0v) is 33.2. The maximum Gasteiger partial charge on any atom is 0.263 e. The minimum absolute atomic E-state index is 0.0128. The van der Waals surface area contributed by atoms with Gasteiger partial charge in [-0.25, -0.2) is 31.8 Å². The summed E-state index contributed by atoms with van der Waals surface area (Å²) in [7, 11) is -5.97. The van der Waals surface area contributed by atoms with Gasteiger partial charge in [-0.2, -0.15) is 0 Å². The molecule has 0 aliphatic carbocycles. The molecule has 3 aromatic carbocycles. The molecule has 6 rings (SSSR count). The molecule has 0 amide bonds. The number of pyridine rings is 2. The van der Waals surface area contributed by atoms with Crippen molar-refractivity contribution in [2.75, 3.05) is 21.8 Å². The number of benzene rings is 3. The lowest BCUT2D eigenvalue weighted by atomic mass is 10.1. The predicted octanol–water partition coefficient (Wildman–Crippen LogP) is 10.1. The molecule has 0 saturated carbocycles. The van der Waals surface area contributed by atoms with Crippen LogP contribution in [0.15, 0.2) is 93.4 Å². The van der Waals surface area contributed by atoms with E-state index in [1.54, 1.807) is 50.4 Å². The van der Waals surface area contributed by atoms with E-state index in [4.69, 9.17) is 46.4 Å². The van der Waals surface area contributed by atoms with E-state index in [9.17, 15) is 16.8 Å². The van der Waals surface area contributed by atoms with Crippen LogP contribution in [0, 0.1) is 13.8 Å². The smallest absolute Gasteiger partial charge is 0.263 e. The zero-order chi connectivity index (χ0) is 36.4. The van der Waals surface area contributed by atoms with E-state index in [1.807, 2.05) is 25.2 Å². The van der Waals surface area contributed by atoms with Crippen molar-refractivity contribution >= 4 is 120 Å². The average Bonchev–Trinajstić information content (AvgIpc) is 3.46. The van der Waals surface area contributed by atoms with Crippen LogP contribution >= 0.6 is 73.7 Å². The molecule has 18 heteroatoms. The Kier molecular flexibility index (Phi) is 11.8. The number of rotatable bonds is 8. The SMILES string of the molecule is CNc1nc2ccc(-c3cnc(Cl)c(NS(=O)(=O)c4c(C)cccc4Cl)c3)cc2s1.Cc1cccc(Cl)c1S(=O)(=O)Nc1cc(Br)cnc1Cl. The minimum Gasteiger partial charge on any atom is -0.365 e. The Morgan fingerprint density at radius 2 is 1.24 bits per heavy atom. The first-order valence-electron chi connectivity index (χ1n) is 14.2. The molecule has 3 N–H and O–H groups in total. The molecule has 6 aromatic rings. The highest BCUT2D eigenvalue weighted by Gasteiger charge is 2.23. The number of aryl methyl sites for hydroxylation is 2. The third kappa shape index (κ3) is 8.62. The molecule has 0 aliphatic heterocycles. The van der Waals surface area contributed by atoms with E-state index >= 15 is 0 Å². The molecule has 0 unspecified atom stereocenters. The number of fused-ring (bicyclic) bond motifs is 1. The van der Waals surface area contributed by atoms with Gasteiger partial charge in [-0.05, 0) is 82.9 Å². The summed E-state index contributed by atoms with van der Waals surface area (Å²) in [5, 5.41) is 4.24. The van der Waals surface area contributed by atoms with Crippen LogP contribution in [0.2, 0.25) is 20.4 Å². The summed E-state index contributed by atoms with van der Waals surface area (Å²) in [4.78, 5) is 12.5. The summed E-state index contributed by atoms with van der Waals surface area (Å²) in [5.41, 5.74) is 3.90. The lowest BCUT2D eigenvalue weighted by molar-refractivity contribution is 0.599. The van der Waals surface area contributed by atoms with E-state index in [2.05, 4.69) is 45.6 Å². The fraction of sp³-hybridized carbons (Fsp3) is 0.0938. The van der Waals surface area contributed by atoms with Crippen molar-refractivity contribution < 1.29 is 16.8 Å². The van der Waals surface area contributed by atoms with Crippen LogP contribution < -0.4 is 14.8 Å². The highest BCUT2D eigenvalue weighted by Crippen LogP contribution is 2.35. The maximum absolute atomic E-state index is 13.0. The fourth-order valence-electron chi connectivity index (χ4n) is 4.69. The van der Waals surface area contributed by atoms with Crippen LogP contribution in [0.4, 0.5) is 16.5 Å². The normalized spacial score (nSPS) is 11.5. The zero-order valence-electron chi connectivity index (χ0n) is 26.1. The molecule has 0 aliphatic rings. The number of nitrogens with one attached hydrogen (secondary N) is 3. The molecule has 0 fully saturated rings. The second-order valence-electron chi connectivity index (χ2n) is 10.5. The first-order chi connectivity index (χ1) is 23.6. The van der Waals surface area contributed by atoms with Gasteiger partial charge >= 0.3 is 0 Å². The van der Waals surface area contributed by atoms with Gasteiger partial charge in [0.1, 0.15) is 9.79 Å². The summed E-state index contributed by atoms with van der Waals surface area (Å²) in [6.07, 6.45) is 3.07. The molecule has 260 valence electrons. The predicted molar refractivity (Wildman–Crippen MR) is 208 cm³/mol. The number of thiazole rings is 1. The fourth-order valence-corrected chi connectivity index (χ4v) is 10.1. The summed E-state index contributed by atoms with van der Waals surface area (Å²) in [6, 6.07) is 18.8. The molecule has 0 atom stereocenters. The number of nitrogens with zero attached hydrogens (tertiary/aromatic N) is 3. The lowest BCUT2D eigenvalue weighted by Crippen LogP contribution is -2.15. The van der Waals surface area contributed by atoms with Gasteiger partial charge in [0.25, 0.3) is 20.0 Å². The number of halogens is 5. The Morgan fingerprint density at radius 1 is 0.700 bits per heavy atom. The van der Waals surface area contributed by atoms with E-state index in [0.717, 1.165) is 20.9 Å². The highest BCUT2D eigenvalue weighted by molar-refractivity contribution is 9.10. The summed E-state index contributed by atoms with van der Waals surface area (Å²) in [6.45, 7) is 3.35. The maximum atomic E-state index is 13.0. The van der Waals surface area contributed by atoms with Crippen LogP contribution in [0.1, 0.15) is 11.1 Å². The first kappa shape index (κ1) is 38.0. The van der Waals surface area contributed by atoms with Crippen molar-refractivity contribution in [2.45, 2.75) is 23.6 Å². The standard InChI is InChI=1S/C20H16Cl2N4O2S2.C12H9BrCl2N2O2S/c1-11-4-3-5-14(21)18(11)30(27,28)26-16-8-13(10-24-19(16)22)12-6-7-15-17(9-12)29-20(23-2)25-15;1-7-3-2-4-9(14)11(7)20(18,19)17-10-5-8(13)6-16-12(10)15/h3-10,26H,1-2H3,(H,23,25);2-6,17H,1H3. The van der Waals surface area contributed by atoms with E-state index in [-0.39, 0.29) is 41.5 Å². The Bertz CT molecular complexity index is 2430. The van der Waals surface area contributed by atoms with Gasteiger partial charge in [0, 0.05) is 29.5 Å². The molecule has 3 heterocycles. The number of hydrogen-bond donors (Lipinski definition) is 3. The Balaban J connectivity index is 0.000000211. The summed E-state index contributed by atoms with van der Waals surface area (Å²) in [5.74, 6) is 0. The summed E-state index contributed by atoms with van der Waals surface area (Å²) < 4.78 is 57.3. The lowest BCUT2D eigenvalue weighted by Gasteiger charge is -2.13. The van der Waals surface area contributed by atoms with Crippen molar-refractivity contribution in [1.29, 1.82) is 0 Å². The molecular formula is C32H25BrCl4N6O4S3. The number of sulfonamides is 2. The van der Waals surface area contributed by atoms with E-state index < -0.39 is 20.0 Å². The summed E-state index contributed by atoms with van der Waals surface area (Å²) >= 11 is 28.9. The number of anilines is 3. The van der Waals surface area contributed by atoms with Gasteiger partial charge in [0.05, 0.1) is 31.6 Å². The first-order valence-corrected chi connectivity index (χ1v) is 20.3. The minimum atomic E-state index is -3.95. The molecule has 0 spiro atoms. The Labute approximate surface area is 321 Å².